The Morgan fingerprint density at radius 2 is 1.89 bits per heavy atom. The summed E-state index contributed by atoms with van der Waals surface area (Å²) in [7, 11) is 0. The Balaban J connectivity index is 1.34. The molecule has 3 aromatic carbocycles. The zero-order valence-electron chi connectivity index (χ0n) is 19.1. The van der Waals surface area contributed by atoms with Crippen LogP contribution in [0.5, 0.6) is 11.5 Å². The summed E-state index contributed by atoms with van der Waals surface area (Å²) in [5.41, 5.74) is -0.0998. The SMILES string of the molecule is O=C(NC1=NC=CN(c2ccccc2Cl)C1)c1cccc(OC2(C(=O)O)CCOc3ccccc32)c1. The lowest BCUT2D eigenvalue weighted by atomic mass is 9.87. The van der Waals surface area contributed by atoms with Gasteiger partial charge in [-0.1, -0.05) is 48.0 Å². The number of fused-ring (bicyclic) bond motifs is 1. The number of aliphatic carboxylic acids is 1. The predicted octanol–water partition coefficient (Wildman–Crippen LogP) is 4.60. The first-order chi connectivity index (χ1) is 17.5. The summed E-state index contributed by atoms with van der Waals surface area (Å²) in [6, 6.07) is 20.7. The number of amides is 1. The number of carbonyl (C=O) groups is 2. The lowest BCUT2D eigenvalue weighted by Crippen LogP contribution is -2.45. The van der Waals surface area contributed by atoms with E-state index in [1.54, 1.807) is 60.9 Å². The third-order valence-electron chi connectivity index (χ3n) is 5.98. The zero-order valence-corrected chi connectivity index (χ0v) is 19.8. The minimum absolute atomic E-state index is 0.122. The molecular weight excluding hydrogens is 482 g/mol. The van der Waals surface area contributed by atoms with Gasteiger partial charge in [0.2, 0.25) is 5.60 Å². The minimum atomic E-state index is -1.63. The molecule has 2 heterocycles. The van der Waals surface area contributed by atoms with Crippen LogP contribution in [0.25, 0.3) is 0 Å². The van der Waals surface area contributed by atoms with Crippen LogP contribution in [0.2, 0.25) is 5.02 Å². The van der Waals surface area contributed by atoms with Gasteiger partial charge in [-0.05, 0) is 36.4 Å². The van der Waals surface area contributed by atoms with Crippen molar-refractivity contribution in [3.63, 3.8) is 0 Å². The van der Waals surface area contributed by atoms with Gasteiger partial charge in [0.15, 0.2) is 0 Å². The molecule has 0 aromatic heterocycles. The number of hydrogen-bond acceptors (Lipinski definition) is 6. The summed E-state index contributed by atoms with van der Waals surface area (Å²) in [5, 5.41) is 13.5. The van der Waals surface area contributed by atoms with Gasteiger partial charge in [0.25, 0.3) is 5.91 Å². The van der Waals surface area contributed by atoms with Crippen molar-refractivity contribution in [2.45, 2.75) is 12.0 Å². The fourth-order valence-electron chi connectivity index (χ4n) is 4.22. The van der Waals surface area contributed by atoms with E-state index in [0.29, 0.717) is 34.3 Å². The van der Waals surface area contributed by atoms with Crippen LogP contribution >= 0.6 is 11.6 Å². The number of anilines is 1. The number of carboxylic acids is 1. The number of ether oxygens (including phenoxy) is 2. The van der Waals surface area contributed by atoms with Crippen LogP contribution in [0.4, 0.5) is 5.69 Å². The maximum atomic E-state index is 13.0. The summed E-state index contributed by atoms with van der Waals surface area (Å²) in [6.45, 7) is 0.514. The molecule has 36 heavy (non-hydrogen) atoms. The molecule has 5 rings (SSSR count). The molecule has 0 radical (unpaired) electrons. The average Bonchev–Trinajstić information content (AvgIpc) is 2.89. The maximum absolute atomic E-state index is 13.0. The number of benzene rings is 3. The molecule has 0 aliphatic carbocycles. The van der Waals surface area contributed by atoms with Crippen molar-refractivity contribution in [1.82, 2.24) is 5.32 Å². The first-order valence-electron chi connectivity index (χ1n) is 11.3. The maximum Gasteiger partial charge on any atom is 0.353 e. The molecule has 0 saturated carbocycles. The highest BCUT2D eigenvalue weighted by atomic mass is 35.5. The second-order valence-electron chi connectivity index (χ2n) is 8.26. The van der Waals surface area contributed by atoms with Gasteiger partial charge in [-0.2, -0.15) is 0 Å². The molecule has 1 amide bonds. The minimum Gasteiger partial charge on any atom is -0.493 e. The summed E-state index contributed by atoms with van der Waals surface area (Å²) in [5.74, 6) is -0.369. The molecule has 1 atom stereocenters. The Labute approximate surface area is 212 Å². The summed E-state index contributed by atoms with van der Waals surface area (Å²) < 4.78 is 11.7. The third kappa shape index (κ3) is 4.50. The van der Waals surface area contributed by atoms with E-state index in [4.69, 9.17) is 21.1 Å². The van der Waals surface area contributed by atoms with Crippen molar-refractivity contribution in [2.75, 3.05) is 18.1 Å². The zero-order chi connectivity index (χ0) is 25.1. The third-order valence-corrected chi connectivity index (χ3v) is 6.30. The largest absolute Gasteiger partial charge is 0.493 e. The molecule has 2 N–H and O–H groups in total. The average molecular weight is 504 g/mol. The highest BCUT2D eigenvalue weighted by molar-refractivity contribution is 6.33. The Hall–Kier alpha value is -4.30. The van der Waals surface area contributed by atoms with E-state index >= 15 is 0 Å². The van der Waals surface area contributed by atoms with Crippen molar-refractivity contribution < 1.29 is 24.2 Å². The van der Waals surface area contributed by atoms with Gasteiger partial charge in [-0.3, -0.25) is 4.79 Å². The van der Waals surface area contributed by atoms with Crippen molar-refractivity contribution in [3.05, 3.63) is 101 Å². The van der Waals surface area contributed by atoms with Crippen LogP contribution in [0.15, 0.2) is 90.2 Å². The quantitative estimate of drug-likeness (QED) is 0.527. The Bertz CT molecular complexity index is 1390. The Kier molecular flexibility index (Phi) is 6.35. The molecule has 1 unspecified atom stereocenters. The van der Waals surface area contributed by atoms with Crippen molar-refractivity contribution in [1.29, 1.82) is 0 Å². The second kappa shape index (κ2) is 9.75. The topological polar surface area (TPSA) is 100 Å². The monoisotopic (exact) mass is 503 g/mol. The summed E-state index contributed by atoms with van der Waals surface area (Å²) in [4.78, 5) is 31.6. The van der Waals surface area contributed by atoms with E-state index in [9.17, 15) is 14.7 Å². The van der Waals surface area contributed by atoms with E-state index < -0.39 is 17.5 Å². The van der Waals surface area contributed by atoms with Gasteiger partial charge in [0.05, 0.1) is 23.9 Å². The number of hydrogen-bond donors (Lipinski definition) is 2. The number of aliphatic imine (C=N–C) groups is 1. The highest BCUT2D eigenvalue weighted by Crippen LogP contribution is 2.40. The van der Waals surface area contributed by atoms with Crippen molar-refractivity contribution in [2.24, 2.45) is 4.99 Å². The summed E-state index contributed by atoms with van der Waals surface area (Å²) in [6.07, 6.45) is 3.49. The van der Waals surface area contributed by atoms with Gasteiger partial charge in [0.1, 0.15) is 17.3 Å². The van der Waals surface area contributed by atoms with Gasteiger partial charge >= 0.3 is 5.97 Å². The molecule has 0 spiro atoms. The van der Waals surface area contributed by atoms with Crippen LogP contribution in [0.1, 0.15) is 22.3 Å². The molecule has 2 aliphatic heterocycles. The van der Waals surface area contributed by atoms with Gasteiger partial charge in [-0.15, -0.1) is 0 Å². The lowest BCUT2D eigenvalue weighted by molar-refractivity contribution is -0.159. The number of nitrogens with zero attached hydrogens (tertiary/aromatic N) is 2. The van der Waals surface area contributed by atoms with E-state index in [0.717, 1.165) is 5.69 Å². The van der Waals surface area contributed by atoms with E-state index in [-0.39, 0.29) is 18.8 Å². The van der Waals surface area contributed by atoms with Crippen LogP contribution in [-0.4, -0.2) is 36.0 Å². The van der Waals surface area contributed by atoms with Crippen LogP contribution in [-0.2, 0) is 10.4 Å². The number of carbonyl (C=O) groups excluding carboxylic acids is 1. The highest BCUT2D eigenvalue weighted by Gasteiger charge is 2.47. The van der Waals surface area contributed by atoms with Crippen LogP contribution in [0, 0.1) is 0 Å². The van der Waals surface area contributed by atoms with Crippen LogP contribution in [0.3, 0.4) is 0 Å². The van der Waals surface area contributed by atoms with Crippen molar-refractivity contribution >= 4 is 35.0 Å². The number of para-hydroxylation sites is 2. The number of halogens is 1. The van der Waals surface area contributed by atoms with Gasteiger partial charge < -0.3 is 24.8 Å². The Morgan fingerprint density at radius 1 is 1.08 bits per heavy atom. The van der Waals surface area contributed by atoms with Gasteiger partial charge in [-0.25, -0.2) is 9.79 Å². The normalized spacial score (nSPS) is 18.5. The van der Waals surface area contributed by atoms with Crippen molar-refractivity contribution in [3.8, 4) is 11.5 Å². The van der Waals surface area contributed by atoms with E-state index in [1.165, 1.54) is 6.07 Å². The Morgan fingerprint density at radius 3 is 2.72 bits per heavy atom. The first-order valence-corrected chi connectivity index (χ1v) is 11.6. The number of nitrogens with one attached hydrogen (secondary N) is 1. The smallest absolute Gasteiger partial charge is 0.353 e. The van der Waals surface area contributed by atoms with Crippen LogP contribution < -0.4 is 19.7 Å². The molecule has 0 saturated heterocycles. The molecule has 182 valence electrons. The number of carboxylic acid groups (broad SMARTS) is 1. The molecule has 2 aliphatic rings. The molecule has 3 aromatic rings. The molecular formula is C27H22ClN3O5. The molecule has 0 fully saturated rings. The fraction of sp³-hybridized carbons (Fsp3) is 0.148. The van der Waals surface area contributed by atoms with E-state index in [1.807, 2.05) is 23.1 Å². The standard InChI is InChI=1S/C27H22ClN3O5/c28-21-9-2-3-10-22(21)31-14-13-29-24(17-31)30-25(32)18-6-5-7-19(16-18)36-27(26(33)34)12-15-35-23-11-4-1-8-20(23)27/h1-11,13-14,16H,12,15,17H2,(H,33,34)(H,29,30,32). The summed E-state index contributed by atoms with van der Waals surface area (Å²) >= 11 is 6.30. The molecule has 0 bridgehead atoms. The molecule has 9 heteroatoms. The van der Waals surface area contributed by atoms with Gasteiger partial charge in [0, 0.05) is 29.9 Å². The predicted molar refractivity (Wildman–Crippen MR) is 136 cm³/mol. The number of rotatable bonds is 5. The lowest BCUT2D eigenvalue weighted by Gasteiger charge is -2.35. The number of amidine groups is 1. The van der Waals surface area contributed by atoms with E-state index in [2.05, 4.69) is 10.3 Å². The fourth-order valence-corrected chi connectivity index (χ4v) is 4.47. The second-order valence-corrected chi connectivity index (χ2v) is 8.67. The molecule has 8 nitrogen and oxygen atoms in total. The first kappa shape index (κ1) is 23.4.